The summed E-state index contributed by atoms with van der Waals surface area (Å²) in [4.78, 5) is 10.3. The highest BCUT2D eigenvalue weighted by Gasteiger charge is 2.37. The summed E-state index contributed by atoms with van der Waals surface area (Å²) in [5.74, 6) is 0.721. The van der Waals surface area contributed by atoms with Gasteiger partial charge in [0, 0.05) is 22.1 Å². The van der Waals surface area contributed by atoms with Crippen molar-refractivity contribution in [2.24, 2.45) is 0 Å². The monoisotopic (exact) mass is 626 g/mol. The number of rotatable bonds is 5. The fraction of sp³-hybridized carbons (Fsp3) is 0.0638. The minimum Gasteiger partial charge on any atom is -0.228 e. The molecule has 8 aromatic rings. The average molecular weight is 627 g/mol. The lowest BCUT2D eigenvalue weighted by Gasteiger charge is -2.24. The van der Waals surface area contributed by atoms with Crippen molar-refractivity contribution in [3.8, 4) is 67.3 Å². The highest BCUT2D eigenvalue weighted by molar-refractivity contribution is 6.04. The minimum atomic E-state index is -0.0836. The van der Waals surface area contributed by atoms with E-state index in [0.29, 0.717) is 0 Å². The molecule has 49 heavy (non-hydrogen) atoms. The van der Waals surface area contributed by atoms with Gasteiger partial charge in [-0.15, -0.1) is 0 Å². The first kappa shape index (κ1) is 29.1. The van der Waals surface area contributed by atoms with Crippen LogP contribution >= 0.6 is 0 Å². The molecule has 0 bridgehead atoms. The predicted octanol–water partition coefficient (Wildman–Crippen LogP) is 12.3. The van der Waals surface area contributed by atoms with E-state index in [0.717, 1.165) is 39.3 Å². The number of fused-ring (bicyclic) bond motifs is 4. The molecule has 2 heteroatoms. The largest absolute Gasteiger partial charge is 0.228 e. The summed E-state index contributed by atoms with van der Waals surface area (Å²) in [6.07, 6.45) is 0. The van der Waals surface area contributed by atoms with Crippen molar-refractivity contribution in [3.63, 3.8) is 0 Å². The number of aromatic nitrogens is 2. The molecule has 0 atom stereocenters. The van der Waals surface area contributed by atoms with E-state index in [9.17, 15) is 0 Å². The van der Waals surface area contributed by atoms with Crippen LogP contribution in [0.4, 0.5) is 0 Å². The summed E-state index contributed by atoms with van der Waals surface area (Å²) in [5, 5.41) is 2.31. The van der Waals surface area contributed by atoms with Gasteiger partial charge >= 0.3 is 0 Å². The van der Waals surface area contributed by atoms with Gasteiger partial charge in [-0.1, -0.05) is 166 Å². The fourth-order valence-electron chi connectivity index (χ4n) is 7.77. The zero-order valence-electron chi connectivity index (χ0n) is 27.6. The van der Waals surface area contributed by atoms with Crippen LogP contribution in [-0.2, 0) is 5.41 Å². The number of hydrogen-bond donors (Lipinski definition) is 0. The summed E-state index contributed by atoms with van der Waals surface area (Å²) < 4.78 is 0. The van der Waals surface area contributed by atoms with E-state index in [1.54, 1.807) is 0 Å². The van der Waals surface area contributed by atoms with E-state index in [2.05, 4.69) is 172 Å². The van der Waals surface area contributed by atoms with Gasteiger partial charge in [0.2, 0.25) is 0 Å². The van der Waals surface area contributed by atoms with Crippen LogP contribution in [0.1, 0.15) is 25.0 Å². The second kappa shape index (κ2) is 11.5. The zero-order valence-corrected chi connectivity index (χ0v) is 27.6. The van der Waals surface area contributed by atoms with Crippen LogP contribution in [-0.4, -0.2) is 9.97 Å². The Labute approximate surface area is 287 Å². The Balaban J connectivity index is 1.19. The van der Waals surface area contributed by atoms with Gasteiger partial charge in [-0.25, -0.2) is 9.97 Å². The maximum Gasteiger partial charge on any atom is 0.161 e. The molecule has 0 aliphatic heterocycles. The van der Waals surface area contributed by atoms with Crippen molar-refractivity contribution >= 4 is 10.8 Å². The van der Waals surface area contributed by atoms with Gasteiger partial charge < -0.3 is 0 Å². The molecule has 0 radical (unpaired) electrons. The van der Waals surface area contributed by atoms with Gasteiger partial charge in [-0.3, -0.25) is 0 Å². The summed E-state index contributed by atoms with van der Waals surface area (Å²) in [6.45, 7) is 4.71. The normalized spacial score (nSPS) is 12.9. The molecule has 0 saturated heterocycles. The van der Waals surface area contributed by atoms with Crippen LogP contribution in [0.3, 0.4) is 0 Å². The van der Waals surface area contributed by atoms with Crippen LogP contribution in [0.5, 0.6) is 0 Å². The van der Waals surface area contributed by atoms with Crippen molar-refractivity contribution in [1.29, 1.82) is 0 Å². The Morgan fingerprint density at radius 1 is 0.367 bits per heavy atom. The summed E-state index contributed by atoms with van der Waals surface area (Å²) in [7, 11) is 0. The highest BCUT2D eigenvalue weighted by atomic mass is 14.9. The molecule has 9 rings (SSSR count). The van der Waals surface area contributed by atoms with E-state index in [1.807, 2.05) is 12.1 Å². The summed E-state index contributed by atoms with van der Waals surface area (Å²) in [5.41, 5.74) is 15.3. The molecule has 0 unspecified atom stereocenters. The lowest BCUT2D eigenvalue weighted by Crippen LogP contribution is -2.16. The predicted molar refractivity (Wildman–Crippen MR) is 204 cm³/mol. The molecular formula is C47H34N2. The first-order valence-electron chi connectivity index (χ1n) is 16.9. The SMILES string of the molecule is CC1(C)c2ccccc2-c2cccc(-c3cccc(-c4ccc(-c5nc(-c6ccccc6)cc(-c6ccccc6)n5)c5ccccc45)c3)c21. The van der Waals surface area contributed by atoms with E-state index in [-0.39, 0.29) is 5.41 Å². The molecule has 0 amide bonds. The van der Waals surface area contributed by atoms with Crippen molar-refractivity contribution < 1.29 is 0 Å². The third kappa shape index (κ3) is 4.88. The molecule has 0 N–H and O–H groups in total. The maximum atomic E-state index is 5.16. The lowest BCUT2D eigenvalue weighted by molar-refractivity contribution is 0.662. The molecule has 232 valence electrons. The Morgan fingerprint density at radius 3 is 1.55 bits per heavy atom. The molecule has 1 heterocycles. The molecule has 0 spiro atoms. The Bertz CT molecular complexity index is 2450. The number of hydrogen-bond acceptors (Lipinski definition) is 2. The van der Waals surface area contributed by atoms with E-state index >= 15 is 0 Å². The van der Waals surface area contributed by atoms with E-state index in [4.69, 9.17) is 9.97 Å². The van der Waals surface area contributed by atoms with Gasteiger partial charge in [0.1, 0.15) is 0 Å². The smallest absolute Gasteiger partial charge is 0.161 e. The number of benzene rings is 7. The Morgan fingerprint density at radius 2 is 0.857 bits per heavy atom. The Kier molecular flexibility index (Phi) is 6.84. The summed E-state index contributed by atoms with van der Waals surface area (Å²) >= 11 is 0. The quantitative estimate of drug-likeness (QED) is 0.190. The second-order valence-corrected chi connectivity index (χ2v) is 13.4. The van der Waals surface area contributed by atoms with Crippen molar-refractivity contribution in [1.82, 2.24) is 9.97 Å². The molecule has 0 saturated carbocycles. The van der Waals surface area contributed by atoms with Crippen molar-refractivity contribution in [3.05, 3.63) is 181 Å². The van der Waals surface area contributed by atoms with Gasteiger partial charge in [0.25, 0.3) is 0 Å². The fourth-order valence-corrected chi connectivity index (χ4v) is 7.77. The molecule has 7 aromatic carbocycles. The topological polar surface area (TPSA) is 25.8 Å². The molecule has 2 nitrogen and oxygen atoms in total. The highest BCUT2D eigenvalue weighted by Crippen LogP contribution is 2.52. The van der Waals surface area contributed by atoms with Gasteiger partial charge in [-0.05, 0) is 73.5 Å². The van der Waals surface area contributed by atoms with Crippen LogP contribution in [0, 0.1) is 0 Å². The molecule has 0 fully saturated rings. The first-order valence-corrected chi connectivity index (χ1v) is 16.9. The lowest BCUT2D eigenvalue weighted by atomic mass is 9.78. The molecular weight excluding hydrogens is 593 g/mol. The van der Waals surface area contributed by atoms with Crippen LogP contribution in [0.15, 0.2) is 170 Å². The Hall–Kier alpha value is -6.12. The third-order valence-corrected chi connectivity index (χ3v) is 10.1. The maximum absolute atomic E-state index is 5.16. The second-order valence-electron chi connectivity index (χ2n) is 13.4. The standard InChI is InChI=1S/C47H34N2/c1-47(2)42-26-12-11-23-39(42)40-25-14-24-36(45(40)47)34-20-13-19-33(29-34)35-27-28-41(38-22-10-9-21-37(35)38)46-48-43(31-15-5-3-6-16-31)30-44(49-46)32-17-7-4-8-18-32/h3-30H,1-2H3. The molecule has 1 aromatic heterocycles. The third-order valence-electron chi connectivity index (χ3n) is 10.1. The zero-order chi connectivity index (χ0) is 33.0. The van der Waals surface area contributed by atoms with Gasteiger partial charge in [0.05, 0.1) is 11.4 Å². The van der Waals surface area contributed by atoms with Crippen molar-refractivity contribution in [2.45, 2.75) is 19.3 Å². The molecule has 1 aliphatic carbocycles. The van der Waals surface area contributed by atoms with Crippen LogP contribution < -0.4 is 0 Å². The van der Waals surface area contributed by atoms with Crippen LogP contribution in [0.25, 0.3) is 78.1 Å². The van der Waals surface area contributed by atoms with Crippen molar-refractivity contribution in [2.75, 3.05) is 0 Å². The van der Waals surface area contributed by atoms with Crippen LogP contribution in [0.2, 0.25) is 0 Å². The number of nitrogens with zero attached hydrogens (tertiary/aromatic N) is 2. The van der Waals surface area contributed by atoms with Gasteiger partial charge in [0.15, 0.2) is 5.82 Å². The summed E-state index contributed by atoms with van der Waals surface area (Å²) in [6, 6.07) is 60.6. The molecule has 1 aliphatic rings. The van der Waals surface area contributed by atoms with Gasteiger partial charge in [-0.2, -0.15) is 0 Å². The average Bonchev–Trinajstić information content (AvgIpc) is 3.41. The van der Waals surface area contributed by atoms with E-state index < -0.39 is 0 Å². The first-order chi connectivity index (χ1) is 24.1. The van der Waals surface area contributed by atoms with E-state index in [1.165, 1.54) is 49.9 Å². The minimum absolute atomic E-state index is 0.0836.